The van der Waals surface area contributed by atoms with Gasteiger partial charge in [-0.25, -0.2) is 4.39 Å². The number of aromatic nitrogens is 1. The molecule has 6 heteroatoms. The summed E-state index contributed by atoms with van der Waals surface area (Å²) in [5.41, 5.74) is 2.42. The molecular formula is C19H16BrFN2OS. The summed E-state index contributed by atoms with van der Waals surface area (Å²) in [6.45, 7) is 4.66. The number of aryl methyl sites for hydroxylation is 1. The van der Waals surface area contributed by atoms with E-state index in [9.17, 15) is 9.18 Å². The van der Waals surface area contributed by atoms with Crippen LogP contribution in [0, 0.1) is 12.7 Å². The van der Waals surface area contributed by atoms with Crippen molar-refractivity contribution in [1.82, 2.24) is 4.57 Å². The molecule has 0 aliphatic rings. The van der Waals surface area contributed by atoms with Crippen LogP contribution < -0.4 is 4.80 Å². The average Bonchev–Trinajstić information content (AvgIpc) is 2.91. The van der Waals surface area contributed by atoms with Gasteiger partial charge in [-0.15, -0.1) is 11.3 Å². The third-order valence-corrected chi connectivity index (χ3v) is 5.32. The van der Waals surface area contributed by atoms with Gasteiger partial charge in [0, 0.05) is 21.5 Å². The maximum absolute atomic E-state index is 13.2. The standard InChI is InChI=1S/C19H16BrFN2OS/c1-3-23-17(13-6-10-16(21)11-7-13)12(2)25-19(23)22-18(24)14-4-8-15(20)9-5-14/h4-11H,3H2,1-2H3. The summed E-state index contributed by atoms with van der Waals surface area (Å²) < 4.78 is 16.1. The quantitative estimate of drug-likeness (QED) is 0.576. The van der Waals surface area contributed by atoms with Crippen molar-refractivity contribution in [3.8, 4) is 11.3 Å². The summed E-state index contributed by atoms with van der Waals surface area (Å²) in [4.78, 5) is 18.4. The van der Waals surface area contributed by atoms with E-state index in [1.165, 1.54) is 23.5 Å². The highest BCUT2D eigenvalue weighted by molar-refractivity contribution is 9.10. The monoisotopic (exact) mass is 418 g/mol. The number of carbonyl (C=O) groups is 1. The van der Waals surface area contributed by atoms with Gasteiger partial charge in [-0.1, -0.05) is 15.9 Å². The normalized spacial score (nSPS) is 11.8. The Hall–Kier alpha value is -2.05. The van der Waals surface area contributed by atoms with E-state index in [2.05, 4.69) is 20.9 Å². The van der Waals surface area contributed by atoms with Crippen LogP contribution in [0.2, 0.25) is 0 Å². The zero-order chi connectivity index (χ0) is 18.0. The van der Waals surface area contributed by atoms with Gasteiger partial charge in [0.25, 0.3) is 5.91 Å². The van der Waals surface area contributed by atoms with E-state index in [1.54, 1.807) is 24.3 Å². The van der Waals surface area contributed by atoms with Crippen molar-refractivity contribution >= 4 is 33.2 Å². The molecule has 3 rings (SSSR count). The average molecular weight is 419 g/mol. The zero-order valence-corrected chi connectivity index (χ0v) is 16.2. The molecule has 0 fully saturated rings. The van der Waals surface area contributed by atoms with Crippen LogP contribution in [0.1, 0.15) is 22.2 Å². The number of amides is 1. The minimum absolute atomic E-state index is 0.269. The lowest BCUT2D eigenvalue weighted by atomic mass is 10.1. The molecule has 0 bridgehead atoms. The van der Waals surface area contributed by atoms with Crippen molar-refractivity contribution in [1.29, 1.82) is 0 Å². The Kier molecular flexibility index (Phi) is 5.30. The van der Waals surface area contributed by atoms with Crippen molar-refractivity contribution in [2.45, 2.75) is 20.4 Å². The fourth-order valence-corrected chi connectivity index (χ4v) is 3.94. The number of rotatable bonds is 3. The number of benzene rings is 2. The van der Waals surface area contributed by atoms with Crippen molar-refractivity contribution < 1.29 is 9.18 Å². The molecule has 1 amide bonds. The molecule has 0 radical (unpaired) electrons. The first-order valence-corrected chi connectivity index (χ1v) is 9.41. The van der Waals surface area contributed by atoms with Gasteiger partial charge in [-0.3, -0.25) is 4.79 Å². The molecular weight excluding hydrogens is 403 g/mol. The van der Waals surface area contributed by atoms with E-state index >= 15 is 0 Å². The fraction of sp³-hybridized carbons (Fsp3) is 0.158. The topological polar surface area (TPSA) is 34.4 Å². The number of carbonyl (C=O) groups excluding carboxylic acids is 1. The maximum atomic E-state index is 13.2. The van der Waals surface area contributed by atoms with Gasteiger partial charge in [0.2, 0.25) is 0 Å². The number of nitrogens with zero attached hydrogens (tertiary/aromatic N) is 2. The maximum Gasteiger partial charge on any atom is 0.279 e. The smallest absolute Gasteiger partial charge is 0.279 e. The molecule has 0 aliphatic heterocycles. The lowest BCUT2D eigenvalue weighted by molar-refractivity contribution is 0.0998. The summed E-state index contributed by atoms with van der Waals surface area (Å²) in [7, 11) is 0. The second kappa shape index (κ2) is 7.45. The lowest BCUT2D eigenvalue weighted by Gasteiger charge is -2.07. The summed E-state index contributed by atoms with van der Waals surface area (Å²) in [6.07, 6.45) is 0. The van der Waals surface area contributed by atoms with Crippen molar-refractivity contribution in [2.75, 3.05) is 0 Å². The van der Waals surface area contributed by atoms with E-state index < -0.39 is 0 Å². The molecule has 1 heterocycles. The minimum Gasteiger partial charge on any atom is -0.316 e. The summed E-state index contributed by atoms with van der Waals surface area (Å²) >= 11 is 4.82. The second-order valence-electron chi connectivity index (χ2n) is 5.46. The zero-order valence-electron chi connectivity index (χ0n) is 13.8. The highest BCUT2D eigenvalue weighted by Gasteiger charge is 2.13. The van der Waals surface area contributed by atoms with Crippen LogP contribution in [0.5, 0.6) is 0 Å². The molecule has 1 aromatic heterocycles. The number of halogens is 2. The highest BCUT2D eigenvalue weighted by Crippen LogP contribution is 2.25. The first kappa shape index (κ1) is 17.8. The van der Waals surface area contributed by atoms with Gasteiger partial charge >= 0.3 is 0 Å². The van der Waals surface area contributed by atoms with Gasteiger partial charge in [-0.2, -0.15) is 4.99 Å². The lowest BCUT2D eigenvalue weighted by Crippen LogP contribution is -2.17. The Morgan fingerprint density at radius 3 is 2.40 bits per heavy atom. The predicted molar refractivity (Wildman–Crippen MR) is 102 cm³/mol. The molecule has 0 unspecified atom stereocenters. The van der Waals surface area contributed by atoms with E-state index in [0.717, 1.165) is 20.6 Å². The first-order valence-electron chi connectivity index (χ1n) is 7.80. The van der Waals surface area contributed by atoms with Crippen LogP contribution in [0.3, 0.4) is 0 Å². The van der Waals surface area contributed by atoms with Crippen LogP contribution in [0.25, 0.3) is 11.3 Å². The molecule has 2 aromatic carbocycles. The van der Waals surface area contributed by atoms with E-state index in [0.29, 0.717) is 16.9 Å². The first-order chi connectivity index (χ1) is 12.0. The third-order valence-electron chi connectivity index (χ3n) is 3.80. The fourth-order valence-electron chi connectivity index (χ4n) is 2.61. The number of thiazole rings is 1. The Balaban J connectivity index is 2.08. The van der Waals surface area contributed by atoms with Gasteiger partial charge < -0.3 is 4.57 Å². The van der Waals surface area contributed by atoms with Crippen molar-refractivity contribution in [2.24, 2.45) is 4.99 Å². The van der Waals surface area contributed by atoms with E-state index in [-0.39, 0.29) is 11.7 Å². The third kappa shape index (κ3) is 3.80. The number of hydrogen-bond donors (Lipinski definition) is 0. The van der Waals surface area contributed by atoms with E-state index in [4.69, 9.17) is 0 Å². The Bertz CT molecular complexity index is 972. The Morgan fingerprint density at radius 2 is 1.80 bits per heavy atom. The van der Waals surface area contributed by atoms with Crippen molar-refractivity contribution in [3.05, 3.63) is 74.1 Å². The molecule has 25 heavy (non-hydrogen) atoms. The summed E-state index contributed by atoms with van der Waals surface area (Å²) in [5.74, 6) is -0.545. The molecule has 0 aliphatic carbocycles. The Morgan fingerprint density at radius 1 is 1.16 bits per heavy atom. The second-order valence-corrected chi connectivity index (χ2v) is 7.56. The SMILES string of the molecule is CCn1c(-c2ccc(F)cc2)c(C)sc1=NC(=O)c1ccc(Br)cc1. The Labute approximate surface area is 157 Å². The molecule has 0 saturated carbocycles. The molecule has 0 N–H and O–H groups in total. The van der Waals surface area contributed by atoms with Crippen LogP contribution in [0.4, 0.5) is 4.39 Å². The minimum atomic E-state index is -0.276. The summed E-state index contributed by atoms with van der Waals surface area (Å²) in [5, 5.41) is 0. The molecule has 0 spiro atoms. The highest BCUT2D eigenvalue weighted by atomic mass is 79.9. The van der Waals surface area contributed by atoms with Gasteiger partial charge in [0.15, 0.2) is 4.80 Å². The van der Waals surface area contributed by atoms with Crippen molar-refractivity contribution in [3.63, 3.8) is 0 Å². The van der Waals surface area contributed by atoms with Crippen LogP contribution >= 0.6 is 27.3 Å². The molecule has 0 saturated heterocycles. The molecule has 0 atom stereocenters. The number of hydrogen-bond acceptors (Lipinski definition) is 2. The van der Waals surface area contributed by atoms with Crippen LogP contribution in [-0.4, -0.2) is 10.5 Å². The van der Waals surface area contributed by atoms with Gasteiger partial charge in [0.1, 0.15) is 5.82 Å². The van der Waals surface area contributed by atoms with Crippen LogP contribution in [-0.2, 0) is 6.54 Å². The summed E-state index contributed by atoms with van der Waals surface area (Å²) in [6, 6.07) is 13.5. The van der Waals surface area contributed by atoms with E-state index in [1.807, 2.05) is 30.5 Å². The van der Waals surface area contributed by atoms with Crippen LogP contribution in [0.15, 0.2) is 58.0 Å². The van der Waals surface area contributed by atoms with Gasteiger partial charge in [0.05, 0.1) is 5.69 Å². The largest absolute Gasteiger partial charge is 0.316 e. The molecule has 3 aromatic rings. The molecule has 128 valence electrons. The predicted octanol–water partition coefficient (Wildman–Crippen LogP) is 5.19. The molecule has 3 nitrogen and oxygen atoms in total. The van der Waals surface area contributed by atoms with Gasteiger partial charge in [-0.05, 0) is 67.9 Å².